The fourth-order valence-electron chi connectivity index (χ4n) is 1.96. The van der Waals surface area contributed by atoms with Gasteiger partial charge in [-0.15, -0.1) is 11.8 Å². The summed E-state index contributed by atoms with van der Waals surface area (Å²) in [5.74, 6) is 0.131. The van der Waals surface area contributed by atoms with E-state index in [1.165, 1.54) is 25.7 Å². The van der Waals surface area contributed by atoms with Gasteiger partial charge >= 0.3 is 5.97 Å². The number of unbranched alkanes of at least 4 members (excludes halogenated alkanes) is 2. The third kappa shape index (κ3) is 5.40. The van der Waals surface area contributed by atoms with Crippen molar-refractivity contribution in [3.8, 4) is 0 Å². The van der Waals surface area contributed by atoms with E-state index < -0.39 is 5.97 Å². The van der Waals surface area contributed by atoms with Gasteiger partial charge in [0.2, 0.25) is 0 Å². The zero-order chi connectivity index (χ0) is 13.4. The molecule has 0 radical (unpaired) electrons. The number of thioether (sulfide) groups is 1. The zero-order valence-corrected chi connectivity index (χ0v) is 12.2. The van der Waals surface area contributed by atoms with Gasteiger partial charge in [0.15, 0.2) is 0 Å². The van der Waals surface area contributed by atoms with E-state index in [1.807, 2.05) is 0 Å². The van der Waals surface area contributed by atoms with Crippen LogP contribution in [0.3, 0.4) is 0 Å². The van der Waals surface area contributed by atoms with Gasteiger partial charge in [0.1, 0.15) is 6.17 Å². The van der Waals surface area contributed by atoms with Crippen LogP contribution in [0.2, 0.25) is 0 Å². The summed E-state index contributed by atoms with van der Waals surface area (Å²) >= 11 is 1.60. The lowest BCUT2D eigenvalue weighted by atomic mass is 10.2. The number of hydrogen-bond acceptors (Lipinski definition) is 4. The number of carbonyl (C=O) groups is 1. The Hall–Kier alpha value is -0.550. The first kappa shape index (κ1) is 15.5. The maximum Gasteiger partial charge on any atom is 0.309 e. The van der Waals surface area contributed by atoms with Gasteiger partial charge in [-0.25, -0.2) is 0 Å². The molecule has 1 heterocycles. The molecule has 0 spiro atoms. The lowest BCUT2D eigenvalue weighted by Gasteiger charge is -2.26. The standard InChI is InChI=1S/C13H24N2O2S/c1-3-5-7-15(8-6-4-2)11-10-18-12(14-11)9-13(16)17/h11H,3-10H2,1-2H3,(H,16,17). The van der Waals surface area contributed by atoms with Crippen molar-refractivity contribution in [2.45, 2.75) is 52.1 Å². The summed E-state index contributed by atoms with van der Waals surface area (Å²) in [6.45, 7) is 6.54. The van der Waals surface area contributed by atoms with Crippen LogP contribution in [0.4, 0.5) is 0 Å². The molecule has 1 aliphatic rings. The van der Waals surface area contributed by atoms with Crippen molar-refractivity contribution in [1.29, 1.82) is 0 Å². The third-order valence-electron chi connectivity index (χ3n) is 3.01. The third-order valence-corrected chi connectivity index (χ3v) is 4.06. The highest BCUT2D eigenvalue weighted by Crippen LogP contribution is 2.23. The minimum atomic E-state index is -0.782. The predicted octanol–water partition coefficient (Wildman–Crippen LogP) is 2.83. The van der Waals surface area contributed by atoms with Crippen LogP contribution in [0, 0.1) is 0 Å². The van der Waals surface area contributed by atoms with Crippen LogP contribution in [-0.2, 0) is 4.79 Å². The van der Waals surface area contributed by atoms with Gasteiger partial charge in [-0.3, -0.25) is 14.7 Å². The largest absolute Gasteiger partial charge is 0.481 e. The number of hydrogen-bond donors (Lipinski definition) is 1. The summed E-state index contributed by atoms with van der Waals surface area (Å²) in [6.07, 6.45) is 5.03. The number of aliphatic carboxylic acids is 1. The van der Waals surface area contributed by atoms with Crippen molar-refractivity contribution < 1.29 is 9.90 Å². The van der Waals surface area contributed by atoms with Gasteiger partial charge in [0.25, 0.3) is 0 Å². The van der Waals surface area contributed by atoms with Crippen molar-refractivity contribution in [3.05, 3.63) is 0 Å². The summed E-state index contributed by atoms with van der Waals surface area (Å²) in [4.78, 5) is 17.6. The van der Waals surface area contributed by atoms with Gasteiger partial charge in [0, 0.05) is 18.8 Å². The Balaban J connectivity index is 2.51. The maximum absolute atomic E-state index is 10.7. The molecule has 1 atom stereocenters. The Kier molecular flexibility index (Phi) is 7.35. The first-order valence-corrected chi connectivity index (χ1v) is 7.81. The van der Waals surface area contributed by atoms with Gasteiger partial charge < -0.3 is 5.11 Å². The second-order valence-electron chi connectivity index (χ2n) is 4.63. The molecule has 1 rings (SSSR count). The molecule has 4 nitrogen and oxygen atoms in total. The minimum Gasteiger partial charge on any atom is -0.481 e. The molecule has 1 unspecified atom stereocenters. The molecule has 0 aliphatic carbocycles. The Morgan fingerprint density at radius 3 is 2.50 bits per heavy atom. The van der Waals surface area contributed by atoms with E-state index in [1.54, 1.807) is 11.8 Å². The van der Waals surface area contributed by atoms with E-state index in [0.29, 0.717) is 0 Å². The fraction of sp³-hybridized carbons (Fsp3) is 0.846. The van der Waals surface area contributed by atoms with E-state index in [2.05, 4.69) is 23.7 Å². The van der Waals surface area contributed by atoms with Crippen molar-refractivity contribution >= 4 is 22.8 Å². The summed E-state index contributed by atoms with van der Waals surface area (Å²) in [7, 11) is 0. The smallest absolute Gasteiger partial charge is 0.309 e. The van der Waals surface area contributed by atoms with Crippen molar-refractivity contribution in [3.63, 3.8) is 0 Å². The number of carboxylic acids is 1. The highest BCUT2D eigenvalue weighted by molar-refractivity contribution is 8.14. The molecule has 5 heteroatoms. The molecule has 0 aromatic carbocycles. The maximum atomic E-state index is 10.7. The first-order valence-electron chi connectivity index (χ1n) is 6.82. The Morgan fingerprint density at radius 1 is 1.39 bits per heavy atom. The molecule has 0 aromatic rings. The number of carboxylic acid groups (broad SMARTS) is 1. The fourth-order valence-corrected chi connectivity index (χ4v) is 3.01. The summed E-state index contributed by atoms with van der Waals surface area (Å²) < 4.78 is 0. The summed E-state index contributed by atoms with van der Waals surface area (Å²) in [5.41, 5.74) is 0. The van der Waals surface area contributed by atoms with Crippen LogP contribution < -0.4 is 0 Å². The highest BCUT2D eigenvalue weighted by Gasteiger charge is 2.24. The monoisotopic (exact) mass is 272 g/mol. The minimum absolute atomic E-state index is 0.0799. The van der Waals surface area contributed by atoms with Gasteiger partial charge in [-0.05, 0) is 12.8 Å². The molecule has 0 aromatic heterocycles. The molecule has 18 heavy (non-hydrogen) atoms. The molecule has 0 bridgehead atoms. The lowest BCUT2D eigenvalue weighted by Crippen LogP contribution is -2.36. The van der Waals surface area contributed by atoms with E-state index in [-0.39, 0.29) is 12.6 Å². The van der Waals surface area contributed by atoms with Crippen molar-refractivity contribution in [2.24, 2.45) is 4.99 Å². The molecule has 0 amide bonds. The highest BCUT2D eigenvalue weighted by atomic mass is 32.2. The molecule has 0 saturated heterocycles. The molecule has 1 N–H and O–H groups in total. The topological polar surface area (TPSA) is 52.9 Å². The molecular weight excluding hydrogens is 248 g/mol. The molecule has 0 fully saturated rings. The summed E-state index contributed by atoms with van der Waals surface area (Å²) in [5, 5.41) is 9.56. The predicted molar refractivity (Wildman–Crippen MR) is 77.3 cm³/mol. The quantitative estimate of drug-likeness (QED) is 0.701. The van der Waals surface area contributed by atoms with E-state index in [4.69, 9.17) is 5.11 Å². The Bertz CT molecular complexity index is 287. The van der Waals surface area contributed by atoms with Crippen molar-refractivity contribution in [2.75, 3.05) is 18.8 Å². The zero-order valence-electron chi connectivity index (χ0n) is 11.4. The van der Waals surface area contributed by atoms with Crippen LogP contribution in [-0.4, -0.2) is 46.0 Å². The second-order valence-corrected chi connectivity index (χ2v) is 5.72. The Labute approximate surface area is 114 Å². The molecule has 1 aliphatic heterocycles. The van der Waals surface area contributed by atoms with Gasteiger partial charge in [-0.1, -0.05) is 26.7 Å². The molecule has 0 saturated carbocycles. The van der Waals surface area contributed by atoms with Crippen LogP contribution in [0.5, 0.6) is 0 Å². The second kappa shape index (κ2) is 8.53. The first-order chi connectivity index (χ1) is 8.67. The van der Waals surface area contributed by atoms with Gasteiger partial charge in [-0.2, -0.15) is 0 Å². The van der Waals surface area contributed by atoms with E-state index in [9.17, 15) is 4.79 Å². The average molecular weight is 272 g/mol. The van der Waals surface area contributed by atoms with Crippen LogP contribution >= 0.6 is 11.8 Å². The SMILES string of the molecule is CCCCN(CCCC)C1CSC(CC(=O)O)=N1. The van der Waals surface area contributed by atoms with Gasteiger partial charge in [0.05, 0.1) is 11.5 Å². The van der Waals surface area contributed by atoms with Crippen molar-refractivity contribution in [1.82, 2.24) is 4.90 Å². The number of rotatable bonds is 9. The number of nitrogens with zero attached hydrogens (tertiary/aromatic N) is 2. The molecule has 104 valence electrons. The Morgan fingerprint density at radius 2 is 2.00 bits per heavy atom. The van der Waals surface area contributed by atoms with Crippen LogP contribution in [0.25, 0.3) is 0 Å². The summed E-state index contributed by atoms with van der Waals surface area (Å²) in [6, 6.07) is 0. The number of aliphatic imine (C=N–C) groups is 1. The van der Waals surface area contributed by atoms with Crippen LogP contribution in [0.1, 0.15) is 46.0 Å². The normalized spacial score (nSPS) is 19.3. The average Bonchev–Trinajstić information content (AvgIpc) is 2.77. The van der Waals surface area contributed by atoms with E-state index >= 15 is 0 Å². The molecular formula is C13H24N2O2S. The van der Waals surface area contributed by atoms with E-state index in [0.717, 1.165) is 23.9 Å². The lowest BCUT2D eigenvalue weighted by molar-refractivity contribution is -0.135. The van der Waals surface area contributed by atoms with Crippen LogP contribution in [0.15, 0.2) is 4.99 Å².